The number of piperazine rings is 1. The summed E-state index contributed by atoms with van der Waals surface area (Å²) in [6.45, 7) is 1.22. The summed E-state index contributed by atoms with van der Waals surface area (Å²) in [4.78, 5) is 30.0. The van der Waals surface area contributed by atoms with Crippen LogP contribution in [0.2, 0.25) is 5.02 Å². The summed E-state index contributed by atoms with van der Waals surface area (Å²) in [6.07, 6.45) is 1.03. The van der Waals surface area contributed by atoms with Crippen LogP contribution >= 0.6 is 11.6 Å². The van der Waals surface area contributed by atoms with E-state index in [2.05, 4.69) is 5.32 Å². The normalized spacial score (nSPS) is 14.8. The molecule has 3 aromatic carbocycles. The second kappa shape index (κ2) is 10.8. The van der Waals surface area contributed by atoms with Crippen molar-refractivity contribution in [1.82, 2.24) is 10.2 Å². The highest BCUT2D eigenvalue weighted by molar-refractivity contribution is 7.90. The number of rotatable bonds is 6. The van der Waals surface area contributed by atoms with E-state index >= 15 is 0 Å². The van der Waals surface area contributed by atoms with Crippen molar-refractivity contribution in [2.45, 2.75) is 10.9 Å². The Morgan fingerprint density at radius 3 is 2.30 bits per heavy atom. The summed E-state index contributed by atoms with van der Waals surface area (Å²) in [5.74, 6) is -1.46. The van der Waals surface area contributed by atoms with Gasteiger partial charge >= 0.3 is 0 Å². The van der Waals surface area contributed by atoms with Crippen LogP contribution in [0.5, 0.6) is 0 Å². The van der Waals surface area contributed by atoms with E-state index in [1.807, 2.05) is 11.0 Å². The summed E-state index contributed by atoms with van der Waals surface area (Å²) in [6, 6.07) is 16.1. The summed E-state index contributed by atoms with van der Waals surface area (Å²) in [5, 5.41) is 3.19. The predicted octanol–water partition coefficient (Wildman–Crippen LogP) is 3.28. The number of anilines is 2. The second-order valence-electron chi connectivity index (χ2n) is 8.75. The van der Waals surface area contributed by atoms with Gasteiger partial charge in [0.2, 0.25) is 5.91 Å². The van der Waals surface area contributed by atoms with Crippen molar-refractivity contribution < 1.29 is 22.4 Å². The molecule has 4 rings (SSSR count). The molecule has 1 atom stereocenters. The first-order valence-electron chi connectivity index (χ1n) is 11.5. The highest BCUT2D eigenvalue weighted by Gasteiger charge is 2.31. The third kappa shape index (κ3) is 6.03. The Kier molecular flexibility index (Phi) is 7.70. The van der Waals surface area contributed by atoms with Crippen LogP contribution < -0.4 is 16.0 Å². The fraction of sp³-hybridized carbons (Fsp3) is 0.231. The van der Waals surface area contributed by atoms with Gasteiger partial charge in [0.25, 0.3) is 5.91 Å². The van der Waals surface area contributed by atoms with Crippen LogP contribution in [0.4, 0.5) is 15.8 Å². The lowest BCUT2D eigenvalue weighted by molar-refractivity contribution is -0.133. The van der Waals surface area contributed by atoms with Crippen LogP contribution in [-0.4, -0.2) is 57.6 Å². The molecule has 194 valence electrons. The second-order valence-corrected chi connectivity index (χ2v) is 11.2. The van der Waals surface area contributed by atoms with Crippen LogP contribution in [0.15, 0.2) is 71.6 Å². The van der Waals surface area contributed by atoms with Gasteiger partial charge in [-0.05, 0) is 42.0 Å². The topological polar surface area (TPSA) is 113 Å². The smallest absolute Gasteiger partial charge is 0.254 e. The number of carbonyl (C=O) groups is 2. The van der Waals surface area contributed by atoms with E-state index in [4.69, 9.17) is 17.3 Å². The van der Waals surface area contributed by atoms with E-state index < -0.39 is 27.6 Å². The Hall–Kier alpha value is -3.63. The molecule has 0 saturated carbocycles. The summed E-state index contributed by atoms with van der Waals surface area (Å²) >= 11 is 5.95. The minimum absolute atomic E-state index is 0.0951. The molecule has 3 N–H and O–H groups in total. The molecule has 3 aromatic rings. The van der Waals surface area contributed by atoms with Gasteiger partial charge in [-0.15, -0.1) is 0 Å². The first kappa shape index (κ1) is 26.4. The zero-order valence-electron chi connectivity index (χ0n) is 20.0. The van der Waals surface area contributed by atoms with E-state index in [1.165, 1.54) is 24.3 Å². The van der Waals surface area contributed by atoms with E-state index in [1.54, 1.807) is 35.2 Å². The number of carbonyl (C=O) groups excluding carboxylic acids is 2. The lowest BCUT2D eigenvalue weighted by Crippen LogP contribution is -2.52. The minimum atomic E-state index is -3.66. The van der Waals surface area contributed by atoms with Crippen LogP contribution in [0.3, 0.4) is 0 Å². The maximum absolute atomic E-state index is 13.7. The molecule has 11 heteroatoms. The van der Waals surface area contributed by atoms with Crippen molar-refractivity contribution in [3.8, 4) is 0 Å². The minimum Gasteiger partial charge on any atom is -0.398 e. The van der Waals surface area contributed by atoms with Gasteiger partial charge in [-0.1, -0.05) is 41.9 Å². The molecule has 1 unspecified atom stereocenters. The third-order valence-electron chi connectivity index (χ3n) is 6.17. The Labute approximate surface area is 219 Å². The number of nitrogens with two attached hydrogens (primary N) is 1. The molecule has 8 nitrogen and oxygen atoms in total. The van der Waals surface area contributed by atoms with Gasteiger partial charge < -0.3 is 20.9 Å². The molecule has 1 saturated heterocycles. The molecule has 37 heavy (non-hydrogen) atoms. The third-order valence-corrected chi connectivity index (χ3v) is 7.53. The van der Waals surface area contributed by atoms with E-state index in [0.717, 1.165) is 12.3 Å². The number of nitrogen functional groups attached to an aromatic ring is 1. The Morgan fingerprint density at radius 1 is 1.00 bits per heavy atom. The van der Waals surface area contributed by atoms with Crippen molar-refractivity contribution in [2.24, 2.45) is 0 Å². The maximum Gasteiger partial charge on any atom is 0.254 e. The van der Waals surface area contributed by atoms with Gasteiger partial charge in [0.15, 0.2) is 9.84 Å². The fourth-order valence-electron chi connectivity index (χ4n) is 4.28. The van der Waals surface area contributed by atoms with Crippen LogP contribution in [-0.2, 0) is 14.6 Å². The van der Waals surface area contributed by atoms with Crippen LogP contribution in [0.25, 0.3) is 0 Å². The predicted molar refractivity (Wildman–Crippen MR) is 141 cm³/mol. The SMILES string of the molecule is CS(=O)(=O)c1cc(F)ccc1N1CCN(C(=O)C(NC(=O)c2ccc(Cl)cc2N)c2ccccc2)CC1. The molecule has 0 spiro atoms. The van der Waals surface area contributed by atoms with Crippen molar-refractivity contribution in [3.63, 3.8) is 0 Å². The van der Waals surface area contributed by atoms with Gasteiger partial charge in [-0.3, -0.25) is 9.59 Å². The number of halogens is 2. The molecular formula is C26H26ClFN4O4S. The molecular weight excluding hydrogens is 519 g/mol. The number of sulfone groups is 1. The maximum atomic E-state index is 13.7. The average molecular weight is 545 g/mol. The van der Waals surface area contributed by atoms with Crippen molar-refractivity contribution in [2.75, 3.05) is 43.1 Å². The standard InChI is InChI=1S/C26H26ClFN4O4S/c1-37(35,36)23-16-19(28)8-10-22(23)31-11-13-32(14-12-31)26(34)24(17-5-3-2-4-6-17)30-25(33)20-9-7-18(27)15-21(20)29/h2-10,15-16,24H,11-14,29H2,1H3,(H,30,33). The average Bonchev–Trinajstić information content (AvgIpc) is 2.87. The molecule has 1 heterocycles. The van der Waals surface area contributed by atoms with Gasteiger partial charge in [0.1, 0.15) is 11.9 Å². The number of nitrogens with one attached hydrogen (secondary N) is 1. The Bertz CT molecular complexity index is 1430. The van der Waals surface area contributed by atoms with Gasteiger partial charge in [0.05, 0.1) is 16.1 Å². The van der Waals surface area contributed by atoms with E-state index in [-0.39, 0.29) is 35.1 Å². The lowest BCUT2D eigenvalue weighted by Gasteiger charge is -2.38. The molecule has 1 aliphatic rings. The lowest BCUT2D eigenvalue weighted by atomic mass is 10.0. The highest BCUT2D eigenvalue weighted by Crippen LogP contribution is 2.28. The summed E-state index contributed by atoms with van der Waals surface area (Å²) in [5.41, 5.74) is 7.36. The van der Waals surface area contributed by atoms with Crippen molar-refractivity contribution in [3.05, 3.63) is 88.7 Å². The van der Waals surface area contributed by atoms with Gasteiger partial charge in [0, 0.05) is 43.1 Å². The first-order valence-corrected chi connectivity index (χ1v) is 13.8. The molecule has 0 bridgehead atoms. The van der Waals surface area contributed by atoms with Crippen LogP contribution in [0.1, 0.15) is 22.0 Å². The molecule has 1 aliphatic heterocycles. The first-order chi connectivity index (χ1) is 17.5. The van der Waals surface area contributed by atoms with Crippen molar-refractivity contribution >= 4 is 44.6 Å². The zero-order valence-corrected chi connectivity index (χ0v) is 21.6. The van der Waals surface area contributed by atoms with E-state index in [0.29, 0.717) is 29.4 Å². The Balaban J connectivity index is 1.53. The molecule has 2 amide bonds. The molecule has 0 radical (unpaired) electrons. The monoisotopic (exact) mass is 544 g/mol. The van der Waals surface area contributed by atoms with Gasteiger partial charge in [-0.2, -0.15) is 0 Å². The van der Waals surface area contributed by atoms with Crippen molar-refractivity contribution in [1.29, 1.82) is 0 Å². The quantitative estimate of drug-likeness (QED) is 0.461. The molecule has 0 aromatic heterocycles. The van der Waals surface area contributed by atoms with E-state index in [9.17, 15) is 22.4 Å². The fourth-order valence-corrected chi connectivity index (χ4v) is 5.36. The summed E-state index contributed by atoms with van der Waals surface area (Å²) in [7, 11) is -3.66. The number of nitrogens with zero attached hydrogens (tertiary/aromatic N) is 2. The molecule has 1 fully saturated rings. The number of hydrogen-bond donors (Lipinski definition) is 2. The van der Waals surface area contributed by atoms with Gasteiger partial charge in [-0.25, -0.2) is 12.8 Å². The van der Waals surface area contributed by atoms with Crippen LogP contribution in [0, 0.1) is 5.82 Å². The molecule has 0 aliphatic carbocycles. The number of hydrogen-bond acceptors (Lipinski definition) is 6. The Morgan fingerprint density at radius 2 is 1.68 bits per heavy atom. The number of benzene rings is 3. The zero-order chi connectivity index (χ0) is 26.7. The number of amides is 2. The summed E-state index contributed by atoms with van der Waals surface area (Å²) < 4.78 is 38.2. The largest absolute Gasteiger partial charge is 0.398 e. The highest BCUT2D eigenvalue weighted by atomic mass is 35.5.